The van der Waals surface area contributed by atoms with Crippen molar-refractivity contribution in [3.05, 3.63) is 63.5 Å². The van der Waals surface area contributed by atoms with Gasteiger partial charge in [-0.3, -0.25) is 10.1 Å². The number of nitro groups is 1. The quantitative estimate of drug-likeness (QED) is 0.641. The maximum atomic E-state index is 13.1. The van der Waals surface area contributed by atoms with Crippen LogP contribution in [0.5, 0.6) is 11.5 Å². The average molecular weight is 305 g/mol. The molecule has 0 unspecified atom stereocenters. The second kappa shape index (κ2) is 5.98. The lowest BCUT2D eigenvalue weighted by atomic mass is 10.1. The molecule has 7 heteroatoms. The van der Waals surface area contributed by atoms with Crippen LogP contribution in [-0.4, -0.2) is 11.7 Å². The number of nitrogens with zero attached hydrogens (tertiary/aromatic N) is 1. The lowest BCUT2D eigenvalue weighted by Crippen LogP contribution is -2.14. The Morgan fingerprint density at radius 1 is 1.32 bits per heavy atom. The highest BCUT2D eigenvalue weighted by molar-refractivity contribution is 5.50. The molecule has 3 rings (SSSR count). The predicted molar refractivity (Wildman–Crippen MR) is 74.1 cm³/mol. The summed E-state index contributed by atoms with van der Waals surface area (Å²) >= 11 is 0. The lowest BCUT2D eigenvalue weighted by molar-refractivity contribution is -0.385. The Hall–Kier alpha value is -2.67. The van der Waals surface area contributed by atoms with Crippen molar-refractivity contribution in [2.75, 3.05) is 6.79 Å². The monoisotopic (exact) mass is 305 g/mol. The Labute approximate surface area is 125 Å². The summed E-state index contributed by atoms with van der Waals surface area (Å²) in [5.74, 6) is 0.448. The number of halogens is 1. The summed E-state index contributed by atoms with van der Waals surface area (Å²) in [6.07, 6.45) is 0. The molecule has 0 amide bonds. The molecule has 0 bridgehead atoms. The Kier molecular flexibility index (Phi) is 3.88. The van der Waals surface area contributed by atoms with E-state index in [1.165, 1.54) is 30.3 Å². The van der Waals surface area contributed by atoms with Crippen LogP contribution in [0, 0.1) is 15.9 Å². The molecular formula is C15H12FNO5. The van der Waals surface area contributed by atoms with Crippen LogP contribution in [0.15, 0.2) is 36.4 Å². The first-order valence-corrected chi connectivity index (χ1v) is 6.52. The van der Waals surface area contributed by atoms with Crippen molar-refractivity contribution in [3.63, 3.8) is 0 Å². The van der Waals surface area contributed by atoms with E-state index in [0.29, 0.717) is 22.6 Å². The maximum Gasteiger partial charge on any atom is 0.270 e. The molecular weight excluding hydrogens is 293 g/mol. The van der Waals surface area contributed by atoms with Gasteiger partial charge >= 0.3 is 0 Å². The van der Waals surface area contributed by atoms with Gasteiger partial charge in [-0.05, 0) is 12.1 Å². The van der Waals surface area contributed by atoms with E-state index in [-0.39, 0.29) is 25.7 Å². The first-order valence-electron chi connectivity index (χ1n) is 6.52. The van der Waals surface area contributed by atoms with Gasteiger partial charge in [0, 0.05) is 29.3 Å². The highest BCUT2D eigenvalue weighted by atomic mass is 19.1. The number of benzene rings is 2. The zero-order chi connectivity index (χ0) is 15.5. The molecule has 6 nitrogen and oxygen atoms in total. The van der Waals surface area contributed by atoms with Crippen LogP contribution in [0.2, 0.25) is 0 Å². The van der Waals surface area contributed by atoms with E-state index in [0.717, 1.165) is 0 Å². The third-order valence-corrected chi connectivity index (χ3v) is 3.17. The molecule has 0 aromatic heterocycles. The van der Waals surface area contributed by atoms with E-state index in [2.05, 4.69) is 0 Å². The van der Waals surface area contributed by atoms with Crippen LogP contribution in [0.1, 0.15) is 11.1 Å². The number of hydrogen-bond donors (Lipinski definition) is 0. The fourth-order valence-corrected chi connectivity index (χ4v) is 2.21. The molecule has 0 spiro atoms. The van der Waals surface area contributed by atoms with E-state index in [1.54, 1.807) is 6.07 Å². The van der Waals surface area contributed by atoms with Crippen LogP contribution in [0.4, 0.5) is 10.1 Å². The third-order valence-electron chi connectivity index (χ3n) is 3.17. The smallest absolute Gasteiger partial charge is 0.270 e. The number of fused-ring (bicyclic) bond motifs is 1. The minimum Gasteiger partial charge on any atom is -0.489 e. The largest absolute Gasteiger partial charge is 0.489 e. The number of hydrogen-bond acceptors (Lipinski definition) is 5. The second-order valence-corrected chi connectivity index (χ2v) is 4.71. The van der Waals surface area contributed by atoms with Crippen molar-refractivity contribution < 1.29 is 23.5 Å². The van der Waals surface area contributed by atoms with Gasteiger partial charge in [0.1, 0.15) is 23.9 Å². The normalized spacial score (nSPS) is 13.1. The summed E-state index contributed by atoms with van der Waals surface area (Å²) in [7, 11) is 0. The van der Waals surface area contributed by atoms with Gasteiger partial charge < -0.3 is 14.2 Å². The summed E-state index contributed by atoms with van der Waals surface area (Å²) in [4.78, 5) is 10.5. The minimum atomic E-state index is -0.486. The first kappa shape index (κ1) is 14.3. The molecule has 0 atom stereocenters. The Bertz CT molecular complexity index is 719. The topological polar surface area (TPSA) is 70.8 Å². The summed E-state index contributed by atoms with van der Waals surface area (Å²) in [5.41, 5.74) is 1.06. The Balaban J connectivity index is 1.88. The van der Waals surface area contributed by atoms with E-state index >= 15 is 0 Å². The fraction of sp³-hybridized carbons (Fsp3) is 0.200. The highest BCUT2D eigenvalue weighted by Gasteiger charge is 2.21. The van der Waals surface area contributed by atoms with Gasteiger partial charge in [-0.25, -0.2) is 4.39 Å². The van der Waals surface area contributed by atoms with Gasteiger partial charge in [-0.2, -0.15) is 0 Å². The summed E-state index contributed by atoms with van der Waals surface area (Å²) in [5, 5.41) is 11.0. The van der Waals surface area contributed by atoms with Gasteiger partial charge in [-0.15, -0.1) is 0 Å². The summed E-state index contributed by atoms with van der Waals surface area (Å²) in [6, 6.07) is 8.49. The van der Waals surface area contributed by atoms with Crippen molar-refractivity contribution in [2.45, 2.75) is 13.2 Å². The fourth-order valence-electron chi connectivity index (χ4n) is 2.21. The van der Waals surface area contributed by atoms with Crippen LogP contribution < -0.4 is 9.47 Å². The highest BCUT2D eigenvalue weighted by Crippen LogP contribution is 2.33. The van der Waals surface area contributed by atoms with E-state index in [9.17, 15) is 14.5 Å². The Morgan fingerprint density at radius 3 is 2.95 bits per heavy atom. The molecule has 0 saturated heterocycles. The van der Waals surface area contributed by atoms with Crippen LogP contribution >= 0.6 is 0 Å². The van der Waals surface area contributed by atoms with E-state index in [4.69, 9.17) is 14.2 Å². The number of non-ortho nitro benzene ring substituents is 1. The maximum absolute atomic E-state index is 13.1. The second-order valence-electron chi connectivity index (χ2n) is 4.71. The van der Waals surface area contributed by atoms with Gasteiger partial charge in [0.05, 0.1) is 11.5 Å². The van der Waals surface area contributed by atoms with Crippen LogP contribution in [0.3, 0.4) is 0 Å². The van der Waals surface area contributed by atoms with Crippen molar-refractivity contribution in [2.24, 2.45) is 0 Å². The van der Waals surface area contributed by atoms with Crippen molar-refractivity contribution >= 4 is 5.69 Å². The number of ether oxygens (including phenoxy) is 3. The van der Waals surface area contributed by atoms with E-state index < -0.39 is 10.7 Å². The molecule has 2 aromatic carbocycles. The molecule has 0 aliphatic carbocycles. The molecule has 2 aromatic rings. The molecule has 1 aliphatic rings. The molecule has 1 heterocycles. The Morgan fingerprint density at radius 2 is 2.18 bits per heavy atom. The summed E-state index contributed by atoms with van der Waals surface area (Å²) < 4.78 is 29.1. The van der Waals surface area contributed by atoms with Crippen molar-refractivity contribution in [1.29, 1.82) is 0 Å². The van der Waals surface area contributed by atoms with Gasteiger partial charge in [0.15, 0.2) is 6.79 Å². The zero-order valence-corrected chi connectivity index (χ0v) is 11.5. The summed E-state index contributed by atoms with van der Waals surface area (Å²) in [6.45, 7) is 0.356. The van der Waals surface area contributed by atoms with Crippen LogP contribution in [0.25, 0.3) is 0 Å². The molecule has 0 N–H and O–H groups in total. The van der Waals surface area contributed by atoms with Crippen LogP contribution in [-0.2, 0) is 18.0 Å². The average Bonchev–Trinajstić information content (AvgIpc) is 2.52. The number of nitro benzene ring substituents is 1. The lowest BCUT2D eigenvalue weighted by Gasteiger charge is -2.20. The van der Waals surface area contributed by atoms with Crippen molar-refractivity contribution in [1.82, 2.24) is 0 Å². The first-order chi connectivity index (χ1) is 10.6. The number of rotatable bonds is 4. The van der Waals surface area contributed by atoms with E-state index in [1.807, 2.05) is 0 Å². The molecule has 0 saturated carbocycles. The zero-order valence-electron chi connectivity index (χ0n) is 11.5. The SMILES string of the molecule is O=[N+]([O-])c1cc2c(c(COc3cccc(F)c3)c1)OCOC2. The standard InChI is InChI=1S/C15H12FNO5/c16-12-2-1-3-14(6-12)21-8-11-5-13(17(18)19)4-10-7-20-9-22-15(10)11/h1-6H,7-9H2. The minimum absolute atomic E-state index is 0.0352. The molecule has 1 aliphatic heterocycles. The van der Waals surface area contributed by atoms with Gasteiger partial charge in [-0.1, -0.05) is 6.07 Å². The predicted octanol–water partition coefficient (Wildman–Crippen LogP) is 3.18. The molecule has 0 fully saturated rings. The third kappa shape index (κ3) is 2.99. The molecule has 114 valence electrons. The van der Waals surface area contributed by atoms with Gasteiger partial charge in [0.2, 0.25) is 0 Å². The molecule has 0 radical (unpaired) electrons. The van der Waals surface area contributed by atoms with Gasteiger partial charge in [0.25, 0.3) is 5.69 Å². The van der Waals surface area contributed by atoms with Crippen molar-refractivity contribution in [3.8, 4) is 11.5 Å². The molecule has 22 heavy (non-hydrogen) atoms.